The van der Waals surface area contributed by atoms with Crippen molar-refractivity contribution in [1.82, 2.24) is 5.32 Å². The first-order valence-corrected chi connectivity index (χ1v) is 5.43. The Morgan fingerprint density at radius 1 is 1.25 bits per heavy atom. The molecule has 1 N–H and O–H groups in total. The molecular formula is C6H15NO4Si. The molecule has 0 aromatic rings. The van der Waals surface area contributed by atoms with Crippen molar-refractivity contribution < 1.29 is 18.1 Å². The van der Waals surface area contributed by atoms with Gasteiger partial charge in [0.2, 0.25) is 5.91 Å². The quantitative estimate of drug-likeness (QED) is 0.600. The lowest BCUT2D eigenvalue weighted by molar-refractivity contribution is -0.118. The van der Waals surface area contributed by atoms with Crippen molar-refractivity contribution in [2.75, 3.05) is 27.5 Å². The lowest BCUT2D eigenvalue weighted by Crippen LogP contribution is -2.53. The molecule has 72 valence electrons. The van der Waals surface area contributed by atoms with E-state index in [1.54, 1.807) is 0 Å². The maximum Gasteiger partial charge on any atom is 0.520 e. The van der Waals surface area contributed by atoms with Gasteiger partial charge in [-0.1, -0.05) is 0 Å². The number of carbonyl (C=O) groups is 1. The zero-order chi connectivity index (χ0) is 9.61. The van der Waals surface area contributed by atoms with Crippen LogP contribution in [0, 0.1) is 0 Å². The number of amides is 1. The molecule has 0 heterocycles. The van der Waals surface area contributed by atoms with Crippen molar-refractivity contribution in [2.24, 2.45) is 0 Å². The van der Waals surface area contributed by atoms with Gasteiger partial charge in [-0.05, 0) is 0 Å². The molecule has 0 aliphatic heterocycles. The van der Waals surface area contributed by atoms with Crippen LogP contribution >= 0.6 is 0 Å². The normalized spacial score (nSPS) is 11.3. The van der Waals surface area contributed by atoms with E-state index in [-0.39, 0.29) is 5.91 Å². The molecule has 0 spiro atoms. The maximum atomic E-state index is 10.6. The smallest absolute Gasteiger partial charge is 0.376 e. The van der Waals surface area contributed by atoms with Gasteiger partial charge in [-0.25, -0.2) is 0 Å². The van der Waals surface area contributed by atoms with Crippen LogP contribution in [-0.2, 0) is 18.1 Å². The molecular weight excluding hydrogens is 178 g/mol. The molecule has 0 atom stereocenters. The van der Waals surface area contributed by atoms with Crippen molar-refractivity contribution in [3.8, 4) is 0 Å². The summed E-state index contributed by atoms with van der Waals surface area (Å²) in [7, 11) is 1.89. The molecule has 6 heteroatoms. The van der Waals surface area contributed by atoms with Crippen molar-refractivity contribution in [2.45, 2.75) is 6.92 Å². The molecule has 0 saturated heterocycles. The first-order chi connectivity index (χ1) is 5.60. The van der Waals surface area contributed by atoms with Crippen LogP contribution in [0.1, 0.15) is 6.92 Å². The molecule has 0 rings (SSSR count). The van der Waals surface area contributed by atoms with Crippen molar-refractivity contribution in [3.63, 3.8) is 0 Å². The highest BCUT2D eigenvalue weighted by Crippen LogP contribution is 2.03. The number of nitrogens with one attached hydrogen (secondary N) is 1. The lowest BCUT2D eigenvalue weighted by Gasteiger charge is -2.23. The van der Waals surface area contributed by atoms with Crippen LogP contribution < -0.4 is 5.32 Å². The molecule has 12 heavy (non-hydrogen) atoms. The lowest BCUT2D eigenvalue weighted by atomic mass is 10.7. The molecule has 0 aromatic carbocycles. The van der Waals surface area contributed by atoms with E-state index >= 15 is 0 Å². The predicted molar refractivity (Wildman–Crippen MR) is 45.5 cm³/mol. The monoisotopic (exact) mass is 193 g/mol. The Labute approximate surface area is 73.4 Å². The zero-order valence-corrected chi connectivity index (χ0v) is 8.84. The van der Waals surface area contributed by atoms with E-state index in [4.69, 9.17) is 13.3 Å². The Bertz CT molecular complexity index is 140. The fourth-order valence-corrected chi connectivity index (χ4v) is 2.10. The summed E-state index contributed by atoms with van der Waals surface area (Å²) in [5.74, 6) is -0.127. The summed E-state index contributed by atoms with van der Waals surface area (Å²) in [5.41, 5.74) is 0. The Morgan fingerprint density at radius 2 is 1.67 bits per heavy atom. The molecule has 0 bridgehead atoms. The fourth-order valence-electron chi connectivity index (χ4n) is 0.699. The van der Waals surface area contributed by atoms with Gasteiger partial charge in [0, 0.05) is 28.3 Å². The summed E-state index contributed by atoms with van der Waals surface area (Å²) in [4.78, 5) is 10.6. The standard InChI is InChI=1S/C6H15NO4Si/c1-6(8)7-5-12(9-2,10-3)11-4/h5H2,1-4H3,(H,7,8). The van der Waals surface area contributed by atoms with Gasteiger partial charge >= 0.3 is 8.80 Å². The third kappa shape index (κ3) is 3.31. The number of carbonyl (C=O) groups excluding carboxylic acids is 1. The highest BCUT2D eigenvalue weighted by atomic mass is 28.4. The van der Waals surface area contributed by atoms with Gasteiger partial charge in [0.15, 0.2) is 0 Å². The first kappa shape index (κ1) is 11.6. The zero-order valence-electron chi connectivity index (χ0n) is 7.84. The maximum absolute atomic E-state index is 10.6. The molecule has 1 amide bonds. The predicted octanol–water partition coefficient (Wildman–Crippen LogP) is -0.460. The molecule has 5 nitrogen and oxygen atoms in total. The van der Waals surface area contributed by atoms with Crippen LogP contribution in [0.5, 0.6) is 0 Å². The molecule has 0 radical (unpaired) electrons. The largest absolute Gasteiger partial charge is 0.520 e. The van der Waals surface area contributed by atoms with E-state index in [1.165, 1.54) is 28.3 Å². The molecule has 0 unspecified atom stereocenters. The van der Waals surface area contributed by atoms with Crippen molar-refractivity contribution in [1.29, 1.82) is 0 Å². The van der Waals surface area contributed by atoms with Gasteiger partial charge in [-0.3, -0.25) is 4.79 Å². The number of hydrogen-bond acceptors (Lipinski definition) is 4. The SMILES string of the molecule is CO[Si](CNC(C)=O)(OC)OC. The van der Waals surface area contributed by atoms with Crippen LogP contribution in [0.4, 0.5) is 0 Å². The van der Waals surface area contributed by atoms with Crippen molar-refractivity contribution >= 4 is 14.7 Å². The summed E-state index contributed by atoms with van der Waals surface area (Å²) < 4.78 is 15.2. The van der Waals surface area contributed by atoms with Gasteiger partial charge in [-0.2, -0.15) is 0 Å². The average Bonchev–Trinajstić information content (AvgIpc) is 2.08. The van der Waals surface area contributed by atoms with Gasteiger partial charge in [0.05, 0.1) is 6.17 Å². The summed E-state index contributed by atoms with van der Waals surface area (Å²) in [6.45, 7) is 1.43. The third-order valence-electron chi connectivity index (χ3n) is 1.49. The molecule has 0 aliphatic carbocycles. The second-order valence-electron chi connectivity index (χ2n) is 2.21. The summed E-state index contributed by atoms with van der Waals surface area (Å²) in [6.07, 6.45) is 0.297. The van der Waals surface area contributed by atoms with E-state index < -0.39 is 8.80 Å². The Kier molecular flexibility index (Phi) is 5.06. The summed E-state index contributed by atoms with van der Waals surface area (Å²) >= 11 is 0. The van der Waals surface area contributed by atoms with Gasteiger partial charge in [-0.15, -0.1) is 0 Å². The van der Waals surface area contributed by atoms with E-state index in [0.29, 0.717) is 6.17 Å². The minimum atomic E-state index is -2.61. The van der Waals surface area contributed by atoms with Crippen LogP contribution in [0.2, 0.25) is 0 Å². The van der Waals surface area contributed by atoms with Crippen molar-refractivity contribution in [3.05, 3.63) is 0 Å². The Hall–Kier alpha value is -0.433. The average molecular weight is 193 g/mol. The minimum Gasteiger partial charge on any atom is -0.376 e. The second kappa shape index (κ2) is 5.25. The fraction of sp³-hybridized carbons (Fsp3) is 0.833. The topological polar surface area (TPSA) is 56.8 Å². The van der Waals surface area contributed by atoms with E-state index in [2.05, 4.69) is 5.32 Å². The summed E-state index contributed by atoms with van der Waals surface area (Å²) in [6, 6.07) is 0. The second-order valence-corrected chi connectivity index (χ2v) is 5.15. The van der Waals surface area contributed by atoms with Crippen LogP contribution in [0.15, 0.2) is 0 Å². The van der Waals surface area contributed by atoms with Crippen LogP contribution in [0.25, 0.3) is 0 Å². The molecule has 0 fully saturated rings. The Balaban J connectivity index is 4.01. The highest BCUT2D eigenvalue weighted by Gasteiger charge is 2.37. The number of rotatable bonds is 5. The van der Waals surface area contributed by atoms with Crippen LogP contribution in [-0.4, -0.2) is 42.2 Å². The van der Waals surface area contributed by atoms with E-state index in [0.717, 1.165) is 0 Å². The Morgan fingerprint density at radius 3 is 1.92 bits per heavy atom. The van der Waals surface area contributed by atoms with Gasteiger partial charge in [0.1, 0.15) is 0 Å². The number of hydrogen-bond donors (Lipinski definition) is 1. The highest BCUT2D eigenvalue weighted by molar-refractivity contribution is 6.61. The molecule has 0 saturated carbocycles. The molecule has 0 aliphatic rings. The third-order valence-corrected chi connectivity index (χ3v) is 3.96. The van der Waals surface area contributed by atoms with E-state index in [9.17, 15) is 4.79 Å². The van der Waals surface area contributed by atoms with E-state index in [1.807, 2.05) is 0 Å². The van der Waals surface area contributed by atoms with Crippen LogP contribution in [0.3, 0.4) is 0 Å². The first-order valence-electron chi connectivity index (χ1n) is 3.50. The van der Waals surface area contributed by atoms with Gasteiger partial charge in [0.25, 0.3) is 0 Å². The molecule has 0 aromatic heterocycles. The minimum absolute atomic E-state index is 0.127. The summed E-state index contributed by atoms with van der Waals surface area (Å²) in [5, 5.41) is 2.59. The van der Waals surface area contributed by atoms with Gasteiger partial charge < -0.3 is 18.6 Å².